The van der Waals surface area contributed by atoms with E-state index in [1.807, 2.05) is 23.9 Å². The maximum absolute atomic E-state index is 12.4. The highest BCUT2D eigenvalue weighted by Crippen LogP contribution is 2.26. The van der Waals surface area contributed by atoms with E-state index in [4.69, 9.17) is 4.74 Å². The number of carbonyl (C=O) groups excluding carboxylic acids is 1. The largest absolute Gasteiger partial charge is 0.497 e. The van der Waals surface area contributed by atoms with Crippen LogP contribution in [0.2, 0.25) is 0 Å². The molecule has 0 spiro atoms. The second-order valence-electron chi connectivity index (χ2n) is 6.77. The molecule has 138 valence electrons. The van der Waals surface area contributed by atoms with Crippen LogP contribution in [0.25, 0.3) is 0 Å². The summed E-state index contributed by atoms with van der Waals surface area (Å²) >= 11 is 1.93. The van der Waals surface area contributed by atoms with E-state index in [-0.39, 0.29) is 11.9 Å². The number of amides is 1. The number of thioether (sulfide) groups is 1. The number of ether oxygens (including phenoxy) is 1. The van der Waals surface area contributed by atoms with Gasteiger partial charge in [0.25, 0.3) is 0 Å². The van der Waals surface area contributed by atoms with Gasteiger partial charge < -0.3 is 15.4 Å². The Balaban J connectivity index is 1.58. The average Bonchev–Trinajstić information content (AvgIpc) is 3.18. The van der Waals surface area contributed by atoms with Crippen LogP contribution in [0.5, 0.6) is 5.75 Å². The van der Waals surface area contributed by atoms with Gasteiger partial charge in [0.15, 0.2) is 0 Å². The summed E-state index contributed by atoms with van der Waals surface area (Å²) in [6, 6.07) is 8.80. The molecule has 2 N–H and O–H groups in total. The molecule has 2 aliphatic rings. The van der Waals surface area contributed by atoms with Crippen molar-refractivity contribution < 1.29 is 9.53 Å². The van der Waals surface area contributed by atoms with Crippen LogP contribution in [-0.4, -0.2) is 61.6 Å². The topological polar surface area (TPSA) is 53.6 Å². The maximum Gasteiger partial charge on any atom is 0.221 e. The Labute approximate surface area is 154 Å². The Hall–Kier alpha value is -1.24. The zero-order valence-electron chi connectivity index (χ0n) is 15.0. The lowest BCUT2D eigenvalue weighted by Crippen LogP contribution is -2.43. The minimum absolute atomic E-state index is 0.151. The van der Waals surface area contributed by atoms with Gasteiger partial charge in [-0.25, -0.2) is 0 Å². The first-order valence-electron chi connectivity index (χ1n) is 9.22. The Morgan fingerprint density at radius 2 is 2.12 bits per heavy atom. The van der Waals surface area contributed by atoms with Gasteiger partial charge >= 0.3 is 0 Å². The van der Waals surface area contributed by atoms with Crippen molar-refractivity contribution in [1.29, 1.82) is 0 Å². The molecule has 2 atom stereocenters. The summed E-state index contributed by atoms with van der Waals surface area (Å²) in [5, 5.41) is 6.60. The van der Waals surface area contributed by atoms with Crippen molar-refractivity contribution in [1.82, 2.24) is 15.5 Å². The first-order chi connectivity index (χ1) is 12.3. The van der Waals surface area contributed by atoms with Crippen LogP contribution in [0.1, 0.15) is 30.9 Å². The fourth-order valence-corrected chi connectivity index (χ4v) is 4.54. The van der Waals surface area contributed by atoms with Crippen LogP contribution in [0.4, 0.5) is 0 Å². The Morgan fingerprint density at radius 3 is 2.76 bits per heavy atom. The van der Waals surface area contributed by atoms with Gasteiger partial charge in [-0.1, -0.05) is 12.1 Å². The Morgan fingerprint density at radius 1 is 1.36 bits per heavy atom. The van der Waals surface area contributed by atoms with Crippen LogP contribution in [-0.2, 0) is 4.79 Å². The molecule has 2 saturated heterocycles. The number of likely N-dealkylation sites (tertiary alicyclic amines) is 1. The van der Waals surface area contributed by atoms with Gasteiger partial charge in [0.1, 0.15) is 5.75 Å². The molecule has 5 nitrogen and oxygen atoms in total. The van der Waals surface area contributed by atoms with Gasteiger partial charge in [0, 0.05) is 37.1 Å². The smallest absolute Gasteiger partial charge is 0.221 e. The van der Waals surface area contributed by atoms with Gasteiger partial charge in [0.2, 0.25) is 5.91 Å². The first kappa shape index (κ1) is 18.5. The average molecular weight is 364 g/mol. The van der Waals surface area contributed by atoms with Crippen LogP contribution in [0, 0.1) is 0 Å². The third-order valence-corrected chi connectivity index (χ3v) is 6.14. The number of hydrogen-bond acceptors (Lipinski definition) is 5. The first-order valence-corrected chi connectivity index (χ1v) is 10.4. The summed E-state index contributed by atoms with van der Waals surface area (Å²) in [6.45, 7) is 3.89. The molecule has 0 aliphatic carbocycles. The quantitative estimate of drug-likeness (QED) is 0.776. The lowest BCUT2D eigenvalue weighted by atomic mass is 10.0. The van der Waals surface area contributed by atoms with Crippen molar-refractivity contribution in [2.24, 2.45) is 0 Å². The summed E-state index contributed by atoms with van der Waals surface area (Å²) in [6.07, 6.45) is 3.05. The minimum atomic E-state index is 0.151. The molecule has 1 amide bonds. The van der Waals surface area contributed by atoms with Gasteiger partial charge in [-0.05, 0) is 43.6 Å². The molecule has 3 rings (SSSR count). The van der Waals surface area contributed by atoms with E-state index in [1.54, 1.807) is 7.11 Å². The molecule has 2 fully saturated rings. The van der Waals surface area contributed by atoms with Crippen LogP contribution in [0.3, 0.4) is 0 Å². The predicted octanol–water partition coefficient (Wildman–Crippen LogP) is 2.04. The SMILES string of the molecule is COc1ccc(C(CNC(=O)CC2CSCCN2)N2CCCC2)cc1. The molecule has 2 unspecified atom stereocenters. The van der Waals surface area contributed by atoms with Crippen LogP contribution in [0.15, 0.2) is 24.3 Å². The van der Waals surface area contributed by atoms with Crippen LogP contribution >= 0.6 is 11.8 Å². The van der Waals surface area contributed by atoms with E-state index >= 15 is 0 Å². The Kier molecular flexibility index (Phi) is 7.02. The minimum Gasteiger partial charge on any atom is -0.497 e. The summed E-state index contributed by atoms with van der Waals surface area (Å²) in [5.41, 5.74) is 1.24. The molecule has 0 bridgehead atoms. The molecule has 0 saturated carbocycles. The highest BCUT2D eigenvalue weighted by molar-refractivity contribution is 7.99. The van der Waals surface area contributed by atoms with Crippen molar-refractivity contribution in [3.63, 3.8) is 0 Å². The number of benzene rings is 1. The van der Waals surface area contributed by atoms with E-state index in [2.05, 4.69) is 27.7 Å². The predicted molar refractivity (Wildman–Crippen MR) is 103 cm³/mol. The van der Waals surface area contributed by atoms with Crippen molar-refractivity contribution >= 4 is 17.7 Å². The van der Waals surface area contributed by atoms with Gasteiger partial charge in [-0.15, -0.1) is 0 Å². The maximum atomic E-state index is 12.4. The second-order valence-corrected chi connectivity index (χ2v) is 7.92. The third-order valence-electron chi connectivity index (χ3n) is 5.00. The lowest BCUT2D eigenvalue weighted by molar-refractivity contribution is -0.121. The second kappa shape index (κ2) is 9.46. The Bertz CT molecular complexity index is 540. The molecule has 1 aromatic carbocycles. The summed E-state index contributed by atoms with van der Waals surface area (Å²) in [5.74, 6) is 3.19. The molecule has 2 aliphatic heterocycles. The molecule has 6 heteroatoms. The monoisotopic (exact) mass is 363 g/mol. The van der Waals surface area contributed by atoms with Crippen molar-refractivity contribution in [3.8, 4) is 5.75 Å². The van der Waals surface area contributed by atoms with Crippen molar-refractivity contribution in [2.45, 2.75) is 31.3 Å². The van der Waals surface area contributed by atoms with Gasteiger partial charge in [-0.3, -0.25) is 9.69 Å². The van der Waals surface area contributed by atoms with E-state index in [9.17, 15) is 4.79 Å². The lowest BCUT2D eigenvalue weighted by Gasteiger charge is -2.29. The van der Waals surface area contributed by atoms with E-state index < -0.39 is 0 Å². The molecular formula is C19H29N3O2S. The number of nitrogens with one attached hydrogen (secondary N) is 2. The standard InChI is InChI=1S/C19H29N3O2S/c1-24-17-6-4-15(5-7-17)18(22-9-2-3-10-22)13-21-19(23)12-16-14-25-11-8-20-16/h4-7,16,18,20H,2-3,8-14H2,1H3,(H,21,23). The summed E-state index contributed by atoms with van der Waals surface area (Å²) in [4.78, 5) is 14.8. The third kappa shape index (κ3) is 5.36. The molecule has 2 heterocycles. The molecule has 1 aromatic rings. The molecule has 25 heavy (non-hydrogen) atoms. The molecule has 0 radical (unpaired) electrons. The highest BCUT2D eigenvalue weighted by Gasteiger charge is 2.24. The van der Waals surface area contributed by atoms with E-state index in [0.717, 1.165) is 36.9 Å². The van der Waals surface area contributed by atoms with E-state index in [1.165, 1.54) is 18.4 Å². The number of hydrogen-bond donors (Lipinski definition) is 2. The fraction of sp³-hybridized carbons (Fsp3) is 0.632. The van der Waals surface area contributed by atoms with Crippen molar-refractivity contribution in [2.75, 3.05) is 44.8 Å². The van der Waals surface area contributed by atoms with Gasteiger partial charge in [-0.2, -0.15) is 11.8 Å². The van der Waals surface area contributed by atoms with E-state index in [0.29, 0.717) is 19.0 Å². The van der Waals surface area contributed by atoms with Crippen molar-refractivity contribution in [3.05, 3.63) is 29.8 Å². The fourth-order valence-electron chi connectivity index (χ4n) is 3.59. The van der Waals surface area contributed by atoms with Crippen LogP contribution < -0.4 is 15.4 Å². The molecule has 0 aromatic heterocycles. The van der Waals surface area contributed by atoms with Gasteiger partial charge in [0.05, 0.1) is 13.2 Å². The number of carbonyl (C=O) groups is 1. The number of methoxy groups -OCH3 is 1. The molecular weight excluding hydrogens is 334 g/mol. The zero-order valence-corrected chi connectivity index (χ0v) is 15.8. The summed E-state index contributed by atoms with van der Waals surface area (Å²) in [7, 11) is 1.69. The zero-order chi connectivity index (χ0) is 17.5. The highest BCUT2D eigenvalue weighted by atomic mass is 32.2. The summed E-state index contributed by atoms with van der Waals surface area (Å²) < 4.78 is 5.26. The normalized spacial score (nSPS) is 22.5. The number of nitrogens with zero attached hydrogens (tertiary/aromatic N) is 1. The number of rotatable bonds is 7.